The number of hydrogen-bond acceptors (Lipinski definition) is 5. The van der Waals surface area contributed by atoms with E-state index in [1.165, 1.54) is 0 Å². The topological polar surface area (TPSA) is 68.9 Å². The summed E-state index contributed by atoms with van der Waals surface area (Å²) in [5, 5.41) is 0. The highest BCUT2D eigenvalue weighted by Crippen LogP contribution is 2.28. The summed E-state index contributed by atoms with van der Waals surface area (Å²) < 4.78 is 1.99. The highest BCUT2D eigenvalue weighted by atomic mass is 15.1. The first kappa shape index (κ1) is 19.9. The van der Waals surface area contributed by atoms with Gasteiger partial charge in [0.05, 0.1) is 5.69 Å². The number of benzene rings is 3. The molecule has 0 radical (unpaired) electrons. The number of hydrogen-bond donors (Lipinski definition) is 0. The second-order valence-electron chi connectivity index (χ2n) is 7.97. The standard InChI is InChI=1S/C28H20N6/c1-19-25(30-24-16-17-29-18-34(19)24)20-12-14-23(15-13-20)28-32-26(21-8-4-2-5-9-21)31-27(33-28)22-10-6-3-7-11-22/h2-18H,1H3. The molecule has 3 heterocycles. The van der Waals surface area contributed by atoms with Crippen molar-refractivity contribution in [3.8, 4) is 45.4 Å². The fourth-order valence-corrected chi connectivity index (χ4v) is 4.00. The lowest BCUT2D eigenvalue weighted by molar-refractivity contribution is 1.04. The molecule has 0 unspecified atom stereocenters. The Morgan fingerprint density at radius 3 is 1.56 bits per heavy atom. The Labute approximate surface area is 196 Å². The molecule has 0 atom stereocenters. The predicted octanol–water partition coefficient (Wildman–Crippen LogP) is 5.89. The maximum atomic E-state index is 4.80. The van der Waals surface area contributed by atoms with Crippen LogP contribution in [0, 0.1) is 6.92 Å². The fourth-order valence-electron chi connectivity index (χ4n) is 4.00. The van der Waals surface area contributed by atoms with Crippen LogP contribution in [-0.4, -0.2) is 29.3 Å². The maximum absolute atomic E-state index is 4.80. The third kappa shape index (κ3) is 3.61. The molecule has 0 fully saturated rings. The fraction of sp³-hybridized carbons (Fsp3) is 0.0357. The monoisotopic (exact) mass is 440 g/mol. The zero-order chi connectivity index (χ0) is 22.9. The van der Waals surface area contributed by atoms with Crippen LogP contribution >= 0.6 is 0 Å². The van der Waals surface area contributed by atoms with Crippen molar-refractivity contribution in [3.05, 3.63) is 109 Å². The normalized spacial score (nSPS) is 11.1. The van der Waals surface area contributed by atoms with Gasteiger partial charge in [0.25, 0.3) is 0 Å². The molecule has 6 rings (SSSR count). The summed E-state index contributed by atoms with van der Waals surface area (Å²) in [6.07, 6.45) is 3.54. The second-order valence-corrected chi connectivity index (χ2v) is 7.97. The zero-order valence-electron chi connectivity index (χ0n) is 18.5. The summed E-state index contributed by atoms with van der Waals surface area (Å²) in [5.74, 6) is 1.93. The van der Waals surface area contributed by atoms with Crippen LogP contribution in [0.15, 0.2) is 104 Å². The van der Waals surface area contributed by atoms with Crippen LogP contribution in [0.5, 0.6) is 0 Å². The Balaban J connectivity index is 1.44. The van der Waals surface area contributed by atoms with Gasteiger partial charge in [-0.3, -0.25) is 4.40 Å². The molecule has 0 aliphatic heterocycles. The van der Waals surface area contributed by atoms with Crippen LogP contribution in [0.25, 0.3) is 51.1 Å². The van der Waals surface area contributed by atoms with E-state index in [0.717, 1.165) is 39.3 Å². The van der Waals surface area contributed by atoms with E-state index in [-0.39, 0.29) is 0 Å². The molecule has 6 heteroatoms. The number of nitrogens with zero attached hydrogens (tertiary/aromatic N) is 6. The number of rotatable bonds is 4. The van der Waals surface area contributed by atoms with Crippen molar-refractivity contribution < 1.29 is 0 Å². The van der Waals surface area contributed by atoms with Crippen LogP contribution in [0.2, 0.25) is 0 Å². The van der Waals surface area contributed by atoms with Gasteiger partial charge in [0.1, 0.15) is 12.0 Å². The summed E-state index contributed by atoms with van der Waals surface area (Å²) in [6, 6.07) is 30.1. The predicted molar refractivity (Wildman–Crippen MR) is 133 cm³/mol. The van der Waals surface area contributed by atoms with Gasteiger partial charge in [0.15, 0.2) is 17.5 Å². The van der Waals surface area contributed by atoms with Gasteiger partial charge in [-0.05, 0) is 13.0 Å². The van der Waals surface area contributed by atoms with E-state index in [0.29, 0.717) is 17.5 Å². The van der Waals surface area contributed by atoms with E-state index in [4.69, 9.17) is 19.9 Å². The van der Waals surface area contributed by atoms with E-state index in [2.05, 4.69) is 24.0 Å². The third-order valence-corrected chi connectivity index (χ3v) is 5.78. The number of fused-ring (bicyclic) bond motifs is 1. The Bertz CT molecular complexity index is 1530. The van der Waals surface area contributed by atoms with Gasteiger partial charge in [0.2, 0.25) is 0 Å². The van der Waals surface area contributed by atoms with Crippen molar-refractivity contribution in [2.75, 3.05) is 0 Å². The van der Waals surface area contributed by atoms with Crippen LogP contribution in [0.1, 0.15) is 5.69 Å². The molecule has 6 aromatic rings. The molecule has 0 aliphatic rings. The lowest BCUT2D eigenvalue weighted by Crippen LogP contribution is -2.00. The van der Waals surface area contributed by atoms with Crippen molar-refractivity contribution >= 4 is 5.65 Å². The molecule has 6 nitrogen and oxygen atoms in total. The minimum Gasteiger partial charge on any atom is -0.287 e. The first-order valence-electron chi connectivity index (χ1n) is 11.0. The Morgan fingerprint density at radius 1 is 0.529 bits per heavy atom. The van der Waals surface area contributed by atoms with Crippen molar-refractivity contribution in [2.24, 2.45) is 0 Å². The zero-order valence-corrected chi connectivity index (χ0v) is 18.5. The first-order valence-corrected chi connectivity index (χ1v) is 11.0. The third-order valence-electron chi connectivity index (χ3n) is 5.78. The highest BCUT2D eigenvalue weighted by molar-refractivity contribution is 5.71. The summed E-state index contributed by atoms with van der Waals surface area (Å²) in [7, 11) is 0. The van der Waals surface area contributed by atoms with Crippen LogP contribution in [0.3, 0.4) is 0 Å². The lowest BCUT2D eigenvalue weighted by Gasteiger charge is -2.09. The van der Waals surface area contributed by atoms with Gasteiger partial charge in [-0.25, -0.2) is 24.9 Å². The SMILES string of the molecule is Cc1c(-c2ccc(-c3nc(-c4ccccc4)nc(-c4ccccc4)n3)cc2)nc2ccncn12. The molecular weight excluding hydrogens is 420 g/mol. The Kier molecular flexibility index (Phi) is 4.88. The molecule has 0 saturated heterocycles. The summed E-state index contributed by atoms with van der Waals surface area (Å²) >= 11 is 0. The van der Waals surface area contributed by atoms with E-state index in [1.807, 2.05) is 83.3 Å². The largest absolute Gasteiger partial charge is 0.287 e. The molecular formula is C28H20N6. The minimum absolute atomic E-state index is 0.634. The molecule has 34 heavy (non-hydrogen) atoms. The van der Waals surface area contributed by atoms with E-state index in [1.54, 1.807) is 12.5 Å². The van der Waals surface area contributed by atoms with Gasteiger partial charge in [0, 0.05) is 34.1 Å². The number of aryl methyl sites for hydroxylation is 1. The summed E-state index contributed by atoms with van der Waals surface area (Å²) in [4.78, 5) is 23.3. The smallest absolute Gasteiger partial charge is 0.164 e. The van der Waals surface area contributed by atoms with Gasteiger partial charge in [-0.2, -0.15) is 0 Å². The Morgan fingerprint density at radius 2 is 1.03 bits per heavy atom. The minimum atomic E-state index is 0.634. The molecule has 0 N–H and O–H groups in total. The molecule has 3 aromatic carbocycles. The van der Waals surface area contributed by atoms with Crippen LogP contribution in [0.4, 0.5) is 0 Å². The molecule has 0 aliphatic carbocycles. The second kappa shape index (κ2) is 8.33. The van der Waals surface area contributed by atoms with Crippen molar-refractivity contribution in [2.45, 2.75) is 6.92 Å². The molecule has 3 aromatic heterocycles. The van der Waals surface area contributed by atoms with E-state index < -0.39 is 0 Å². The Hall–Kier alpha value is -4.71. The molecule has 0 spiro atoms. The summed E-state index contributed by atoms with van der Waals surface area (Å²) in [6.45, 7) is 2.05. The van der Waals surface area contributed by atoms with Gasteiger partial charge in [-0.15, -0.1) is 0 Å². The number of imidazole rings is 1. The van der Waals surface area contributed by atoms with E-state index in [9.17, 15) is 0 Å². The molecule has 162 valence electrons. The molecule has 0 saturated carbocycles. The molecule has 0 amide bonds. The summed E-state index contributed by atoms with van der Waals surface area (Å²) in [5.41, 5.74) is 6.72. The van der Waals surface area contributed by atoms with Crippen LogP contribution in [-0.2, 0) is 0 Å². The first-order chi connectivity index (χ1) is 16.8. The van der Waals surface area contributed by atoms with Gasteiger partial charge >= 0.3 is 0 Å². The maximum Gasteiger partial charge on any atom is 0.164 e. The van der Waals surface area contributed by atoms with Gasteiger partial charge in [-0.1, -0.05) is 84.9 Å². The van der Waals surface area contributed by atoms with Crippen molar-refractivity contribution in [1.82, 2.24) is 29.3 Å². The van der Waals surface area contributed by atoms with Crippen LogP contribution < -0.4 is 0 Å². The van der Waals surface area contributed by atoms with Gasteiger partial charge < -0.3 is 0 Å². The highest BCUT2D eigenvalue weighted by Gasteiger charge is 2.14. The average Bonchev–Trinajstić information content (AvgIpc) is 3.26. The van der Waals surface area contributed by atoms with Crippen molar-refractivity contribution in [1.29, 1.82) is 0 Å². The number of aromatic nitrogens is 6. The lowest BCUT2D eigenvalue weighted by atomic mass is 10.1. The average molecular weight is 441 g/mol. The van der Waals surface area contributed by atoms with Crippen molar-refractivity contribution in [3.63, 3.8) is 0 Å². The quantitative estimate of drug-likeness (QED) is 0.342. The molecule has 0 bridgehead atoms. The van der Waals surface area contributed by atoms with E-state index >= 15 is 0 Å².